The minimum absolute atomic E-state index is 0.0135. The Balaban J connectivity index is 0.000000138. The molecular weight excluding hydrogens is 785 g/mol. The maximum Gasteiger partial charge on any atom is 0.244 e. The Morgan fingerprint density at radius 1 is 0.756 bits per heavy atom. The molecule has 3 aromatic carbocycles. The van der Waals surface area contributed by atoms with E-state index < -0.39 is 0 Å². The first kappa shape index (κ1) is 33.0. The standard InChI is InChI=1S/C13H13BrFN3O.C10H8BrFN2O.C8H5BrFN/c14-9-5-11(15)10-7-16-18(12(10)6-9)8-13(19)17-3-1-2-4-17;1-6(15)5-14-10-3-7(11)2-9(12)8(10)4-13-14;9-6-1-5-3-11-4-7(5)8(10)2-6/h5-7H,1-4,8H2;2-4H,5H2,1H3;1-2,4H,3H2. The molecule has 0 radical (unpaired) electrons. The molecule has 1 saturated heterocycles. The summed E-state index contributed by atoms with van der Waals surface area (Å²) in [5.74, 6) is -0.836. The van der Waals surface area contributed by atoms with Gasteiger partial charge in [0.15, 0.2) is 5.78 Å². The van der Waals surface area contributed by atoms with Gasteiger partial charge in [-0.1, -0.05) is 47.8 Å². The number of Topliss-reactive ketones (excluding diaryl/α,β-unsaturated/α-hetero) is 1. The van der Waals surface area contributed by atoms with Crippen LogP contribution in [0.25, 0.3) is 21.8 Å². The van der Waals surface area contributed by atoms with E-state index in [0.717, 1.165) is 36.0 Å². The van der Waals surface area contributed by atoms with Gasteiger partial charge in [0.1, 0.15) is 24.0 Å². The van der Waals surface area contributed by atoms with Crippen LogP contribution in [0.15, 0.2) is 67.2 Å². The quantitative estimate of drug-likeness (QED) is 0.187. The fourth-order valence-electron chi connectivity index (χ4n) is 5.01. The number of aliphatic imine (C=N–C) groups is 1. The van der Waals surface area contributed by atoms with Gasteiger partial charge in [-0.25, -0.2) is 13.2 Å². The van der Waals surface area contributed by atoms with E-state index in [1.807, 2.05) is 11.0 Å². The predicted octanol–water partition coefficient (Wildman–Crippen LogP) is 7.61. The van der Waals surface area contributed by atoms with E-state index in [2.05, 4.69) is 63.0 Å². The highest BCUT2D eigenvalue weighted by Gasteiger charge is 2.20. The largest absolute Gasteiger partial charge is 0.341 e. The van der Waals surface area contributed by atoms with E-state index in [0.29, 0.717) is 42.9 Å². The number of hydrogen-bond donors (Lipinski definition) is 0. The fourth-order valence-corrected chi connectivity index (χ4v) is 6.32. The molecule has 0 aliphatic carbocycles. The molecule has 0 bridgehead atoms. The molecule has 1 amide bonds. The third-order valence-electron chi connectivity index (χ3n) is 7.13. The van der Waals surface area contributed by atoms with E-state index in [4.69, 9.17) is 0 Å². The molecule has 14 heteroatoms. The second-order valence-corrected chi connectivity index (χ2v) is 13.2. The zero-order chi connectivity index (χ0) is 32.2. The normalized spacial score (nSPS) is 13.4. The van der Waals surface area contributed by atoms with Gasteiger partial charge in [0.25, 0.3) is 0 Å². The number of aromatic nitrogens is 4. The zero-order valence-electron chi connectivity index (χ0n) is 23.9. The lowest BCUT2D eigenvalue weighted by Crippen LogP contribution is -2.31. The summed E-state index contributed by atoms with van der Waals surface area (Å²) in [4.78, 5) is 28.8. The van der Waals surface area contributed by atoms with Crippen LogP contribution in [0.4, 0.5) is 13.2 Å². The van der Waals surface area contributed by atoms with Crippen LogP contribution in [0.1, 0.15) is 30.9 Å². The van der Waals surface area contributed by atoms with E-state index in [-0.39, 0.29) is 42.2 Å². The van der Waals surface area contributed by atoms with Gasteiger partial charge in [0.05, 0.1) is 47.3 Å². The number of carbonyl (C=O) groups excluding carboxylic acids is 2. The Labute approximate surface area is 281 Å². The van der Waals surface area contributed by atoms with Gasteiger partial charge in [0.2, 0.25) is 5.91 Å². The first-order chi connectivity index (χ1) is 21.5. The van der Waals surface area contributed by atoms with Crippen molar-refractivity contribution < 1.29 is 22.8 Å². The number of rotatable bonds is 4. The summed E-state index contributed by atoms with van der Waals surface area (Å²) in [6.45, 7) is 4.04. The highest BCUT2D eigenvalue weighted by Crippen LogP contribution is 2.25. The summed E-state index contributed by atoms with van der Waals surface area (Å²) in [5.41, 5.74) is 2.85. The van der Waals surface area contributed by atoms with Crippen molar-refractivity contribution in [3.63, 3.8) is 0 Å². The van der Waals surface area contributed by atoms with Crippen LogP contribution in [0.3, 0.4) is 0 Å². The average Bonchev–Trinajstić information content (AvgIpc) is 3.77. The summed E-state index contributed by atoms with van der Waals surface area (Å²) in [6, 6.07) is 9.65. The summed E-state index contributed by atoms with van der Waals surface area (Å²) in [5, 5.41) is 8.96. The van der Waals surface area contributed by atoms with Gasteiger partial charge in [-0.15, -0.1) is 0 Å². The van der Waals surface area contributed by atoms with Crippen LogP contribution in [-0.4, -0.2) is 55.5 Å². The predicted molar refractivity (Wildman–Crippen MR) is 177 cm³/mol. The molecule has 1 fully saturated rings. The Kier molecular flexibility index (Phi) is 10.6. The number of nitrogens with zero attached hydrogens (tertiary/aromatic N) is 6. The summed E-state index contributed by atoms with van der Waals surface area (Å²) in [6.07, 6.45) is 6.60. The average molecular weight is 811 g/mol. The van der Waals surface area contributed by atoms with E-state index in [1.54, 1.807) is 23.0 Å². The minimum Gasteiger partial charge on any atom is -0.341 e. The molecule has 0 unspecified atom stereocenters. The highest BCUT2D eigenvalue weighted by molar-refractivity contribution is 9.11. The van der Waals surface area contributed by atoms with Gasteiger partial charge in [-0.2, -0.15) is 10.2 Å². The minimum atomic E-state index is -0.339. The Bertz CT molecular complexity index is 1940. The smallest absolute Gasteiger partial charge is 0.244 e. The lowest BCUT2D eigenvalue weighted by atomic mass is 10.1. The number of carbonyl (C=O) groups is 2. The van der Waals surface area contributed by atoms with Crippen LogP contribution in [-0.2, 0) is 29.2 Å². The fraction of sp³-hybridized carbons (Fsp3) is 0.258. The molecule has 2 aliphatic heterocycles. The lowest BCUT2D eigenvalue weighted by Gasteiger charge is -2.15. The molecule has 0 spiro atoms. The van der Waals surface area contributed by atoms with E-state index in [1.165, 1.54) is 42.2 Å². The second-order valence-electron chi connectivity index (χ2n) is 10.5. The topological polar surface area (TPSA) is 85.4 Å². The molecule has 5 aromatic rings. The van der Waals surface area contributed by atoms with E-state index in [9.17, 15) is 22.8 Å². The van der Waals surface area contributed by atoms with Gasteiger partial charge in [-0.3, -0.25) is 23.9 Å². The van der Waals surface area contributed by atoms with Crippen molar-refractivity contribution in [3.8, 4) is 0 Å². The molecule has 4 heterocycles. The molecule has 0 saturated carbocycles. The van der Waals surface area contributed by atoms with Crippen LogP contribution < -0.4 is 0 Å². The van der Waals surface area contributed by atoms with Crippen LogP contribution >= 0.6 is 47.8 Å². The number of benzene rings is 3. The van der Waals surface area contributed by atoms with Crippen LogP contribution in [0.2, 0.25) is 0 Å². The first-order valence-electron chi connectivity index (χ1n) is 13.9. The maximum absolute atomic E-state index is 13.7. The van der Waals surface area contributed by atoms with Crippen molar-refractivity contribution in [3.05, 3.63) is 90.8 Å². The first-order valence-corrected chi connectivity index (χ1v) is 16.2. The van der Waals surface area contributed by atoms with Crippen molar-refractivity contribution >= 4 is 87.5 Å². The van der Waals surface area contributed by atoms with Crippen LogP contribution in [0, 0.1) is 17.5 Å². The van der Waals surface area contributed by atoms with E-state index >= 15 is 0 Å². The van der Waals surface area contributed by atoms with Gasteiger partial charge >= 0.3 is 0 Å². The molecule has 234 valence electrons. The SMILES string of the molecule is CC(=O)Cn1ncc2c(F)cc(Br)cc21.Fc1cc(Br)cc2c1C=NC2.O=C(Cn1ncc2c(F)cc(Br)cc21)N1CCCC1. The molecule has 8 nitrogen and oxygen atoms in total. The van der Waals surface area contributed by atoms with Gasteiger partial charge < -0.3 is 4.90 Å². The molecular formula is C31H26Br3F3N6O2. The molecule has 0 atom stereocenters. The third kappa shape index (κ3) is 7.90. The molecule has 2 aliphatic rings. The summed E-state index contributed by atoms with van der Waals surface area (Å²) in [7, 11) is 0. The van der Waals surface area contributed by atoms with Gasteiger partial charge in [0, 0.05) is 38.3 Å². The number of hydrogen-bond acceptors (Lipinski definition) is 5. The zero-order valence-corrected chi connectivity index (χ0v) is 28.7. The van der Waals surface area contributed by atoms with Crippen LogP contribution in [0.5, 0.6) is 0 Å². The number of halogens is 6. The van der Waals surface area contributed by atoms with Crippen molar-refractivity contribution in [2.75, 3.05) is 13.1 Å². The molecule has 7 rings (SSSR count). The molecule has 45 heavy (non-hydrogen) atoms. The Morgan fingerprint density at radius 3 is 1.82 bits per heavy atom. The Morgan fingerprint density at radius 2 is 1.27 bits per heavy atom. The van der Waals surface area contributed by atoms with Crippen molar-refractivity contribution in [1.82, 2.24) is 24.5 Å². The highest BCUT2D eigenvalue weighted by atomic mass is 79.9. The van der Waals surface area contributed by atoms with Gasteiger partial charge in [-0.05, 0) is 61.7 Å². The third-order valence-corrected chi connectivity index (χ3v) is 8.51. The number of fused-ring (bicyclic) bond motifs is 3. The lowest BCUT2D eigenvalue weighted by molar-refractivity contribution is -0.130. The maximum atomic E-state index is 13.7. The second kappa shape index (κ2) is 14.4. The van der Waals surface area contributed by atoms with Crippen molar-refractivity contribution in [1.29, 1.82) is 0 Å². The monoisotopic (exact) mass is 808 g/mol. The summed E-state index contributed by atoms with van der Waals surface area (Å²) < 4.78 is 45.3. The number of likely N-dealkylation sites (tertiary alicyclic amines) is 1. The summed E-state index contributed by atoms with van der Waals surface area (Å²) >= 11 is 9.68. The van der Waals surface area contributed by atoms with Crippen molar-refractivity contribution in [2.45, 2.75) is 39.4 Å². The van der Waals surface area contributed by atoms with Crippen molar-refractivity contribution in [2.24, 2.45) is 4.99 Å². The molecule has 2 aromatic heterocycles. The Hall–Kier alpha value is -3.36. The number of amides is 1. The molecule has 0 N–H and O–H groups in total. The number of ketones is 1.